The van der Waals surface area contributed by atoms with Crippen molar-refractivity contribution in [3.05, 3.63) is 0 Å². The van der Waals surface area contributed by atoms with E-state index in [1.165, 1.54) is 0 Å². The van der Waals surface area contributed by atoms with Crippen LogP contribution in [0.3, 0.4) is 0 Å². The van der Waals surface area contributed by atoms with Crippen LogP contribution in [0.5, 0.6) is 0 Å². The van der Waals surface area contributed by atoms with E-state index in [1.54, 1.807) is 0 Å². The highest BCUT2D eigenvalue weighted by molar-refractivity contribution is 7.80. The average molecular weight is 215 g/mol. The van der Waals surface area contributed by atoms with Gasteiger partial charge in [-0.25, -0.2) is 4.79 Å². The van der Waals surface area contributed by atoms with Crippen molar-refractivity contribution in [3.8, 4) is 0 Å². The zero-order valence-electron chi connectivity index (χ0n) is 9.16. The molecule has 0 amide bonds. The van der Waals surface area contributed by atoms with Crippen LogP contribution in [0.4, 0.5) is 0 Å². The van der Waals surface area contributed by atoms with Crippen LogP contribution in [-0.4, -0.2) is 34.5 Å². The third-order valence-electron chi connectivity index (χ3n) is 2.17. The summed E-state index contributed by atoms with van der Waals surface area (Å²) in [5.41, 5.74) is -0.415. The average Bonchev–Trinajstić information content (AvgIpc) is 2.29. The number of likely N-dealkylation sites (tertiary alicyclic amines) is 1. The molecular weight excluding hydrogens is 198 g/mol. The van der Waals surface area contributed by atoms with E-state index in [2.05, 4.69) is 0 Å². The van der Waals surface area contributed by atoms with Crippen molar-refractivity contribution in [1.82, 2.24) is 4.90 Å². The number of thiocarbonyl (C=S) groups is 1. The maximum atomic E-state index is 11.7. The third-order valence-corrected chi connectivity index (χ3v) is 2.66. The van der Waals surface area contributed by atoms with Gasteiger partial charge in [0.05, 0.1) is 4.99 Å². The van der Waals surface area contributed by atoms with Gasteiger partial charge in [0.1, 0.15) is 11.6 Å². The molecule has 80 valence electrons. The molecule has 0 aliphatic carbocycles. The molecule has 0 aromatic heterocycles. The van der Waals surface area contributed by atoms with Crippen molar-refractivity contribution < 1.29 is 9.53 Å². The normalized spacial score (nSPS) is 22.7. The highest BCUT2D eigenvalue weighted by Crippen LogP contribution is 2.21. The van der Waals surface area contributed by atoms with Crippen LogP contribution in [0.2, 0.25) is 0 Å². The number of rotatable bonds is 1. The molecule has 0 bridgehead atoms. The number of carbonyl (C=O) groups is 1. The van der Waals surface area contributed by atoms with E-state index in [9.17, 15) is 4.79 Å². The molecule has 3 nitrogen and oxygen atoms in total. The van der Waals surface area contributed by atoms with E-state index in [0.29, 0.717) is 0 Å². The minimum absolute atomic E-state index is 0.167. The van der Waals surface area contributed by atoms with Crippen LogP contribution < -0.4 is 0 Å². The van der Waals surface area contributed by atoms with Crippen molar-refractivity contribution in [2.75, 3.05) is 7.05 Å². The van der Waals surface area contributed by atoms with Crippen molar-refractivity contribution >= 4 is 23.2 Å². The zero-order chi connectivity index (χ0) is 10.9. The van der Waals surface area contributed by atoms with Crippen molar-refractivity contribution in [2.45, 2.75) is 45.3 Å². The summed E-state index contributed by atoms with van der Waals surface area (Å²) in [6, 6.07) is -0.179. The van der Waals surface area contributed by atoms with Gasteiger partial charge >= 0.3 is 5.97 Å². The van der Waals surface area contributed by atoms with E-state index in [1.807, 2.05) is 32.7 Å². The van der Waals surface area contributed by atoms with Crippen molar-refractivity contribution in [3.63, 3.8) is 0 Å². The molecule has 0 radical (unpaired) electrons. The number of carbonyl (C=O) groups excluding carboxylic acids is 1. The topological polar surface area (TPSA) is 29.5 Å². The molecule has 1 heterocycles. The van der Waals surface area contributed by atoms with Crippen LogP contribution in [0, 0.1) is 0 Å². The number of likely N-dealkylation sites (N-methyl/N-ethyl adjacent to an activating group) is 1. The van der Waals surface area contributed by atoms with Gasteiger partial charge in [-0.3, -0.25) is 0 Å². The maximum Gasteiger partial charge on any atom is 0.329 e. The van der Waals surface area contributed by atoms with Gasteiger partial charge < -0.3 is 9.64 Å². The molecule has 4 heteroatoms. The van der Waals surface area contributed by atoms with Crippen molar-refractivity contribution in [2.24, 2.45) is 0 Å². The van der Waals surface area contributed by atoms with Gasteiger partial charge in [-0.1, -0.05) is 12.2 Å². The summed E-state index contributed by atoms with van der Waals surface area (Å²) in [7, 11) is 1.85. The Balaban J connectivity index is 2.58. The summed E-state index contributed by atoms with van der Waals surface area (Å²) in [5, 5.41) is 0. The molecule has 14 heavy (non-hydrogen) atoms. The first-order valence-corrected chi connectivity index (χ1v) is 5.20. The number of hydrogen-bond donors (Lipinski definition) is 0. The van der Waals surface area contributed by atoms with E-state index in [0.717, 1.165) is 17.8 Å². The van der Waals surface area contributed by atoms with Crippen LogP contribution in [0.1, 0.15) is 33.6 Å². The van der Waals surface area contributed by atoms with Gasteiger partial charge in [0, 0.05) is 13.5 Å². The summed E-state index contributed by atoms with van der Waals surface area (Å²) < 4.78 is 5.30. The lowest BCUT2D eigenvalue weighted by Gasteiger charge is -2.25. The SMILES string of the molecule is CN1C(=S)CCC1C(=O)OC(C)(C)C. The lowest BCUT2D eigenvalue weighted by molar-refractivity contribution is -0.159. The molecule has 1 fully saturated rings. The molecule has 1 rings (SSSR count). The molecule has 1 unspecified atom stereocenters. The second kappa shape index (κ2) is 3.85. The van der Waals surface area contributed by atoms with Gasteiger partial charge in [-0.2, -0.15) is 0 Å². The van der Waals surface area contributed by atoms with Gasteiger partial charge in [0.2, 0.25) is 0 Å². The quantitative estimate of drug-likeness (QED) is 0.492. The molecule has 0 aromatic carbocycles. The Labute approximate surface area is 90.4 Å². The van der Waals surface area contributed by atoms with Gasteiger partial charge in [-0.05, 0) is 27.2 Å². The molecule has 0 aromatic rings. The van der Waals surface area contributed by atoms with Crippen LogP contribution in [0.25, 0.3) is 0 Å². The molecule has 1 atom stereocenters. The first kappa shape index (κ1) is 11.4. The van der Waals surface area contributed by atoms with Gasteiger partial charge in [0.25, 0.3) is 0 Å². The number of esters is 1. The molecule has 1 aliphatic heterocycles. The minimum Gasteiger partial charge on any atom is -0.458 e. The summed E-state index contributed by atoms with van der Waals surface area (Å²) >= 11 is 5.10. The fourth-order valence-electron chi connectivity index (χ4n) is 1.45. The summed E-state index contributed by atoms with van der Waals surface area (Å²) in [4.78, 5) is 14.4. The number of ether oxygens (including phenoxy) is 1. The minimum atomic E-state index is -0.415. The molecule has 1 saturated heterocycles. The lowest BCUT2D eigenvalue weighted by atomic mass is 10.1. The van der Waals surface area contributed by atoms with Crippen LogP contribution in [0.15, 0.2) is 0 Å². The Morgan fingerprint density at radius 3 is 2.50 bits per heavy atom. The predicted molar refractivity (Wildman–Crippen MR) is 59.2 cm³/mol. The smallest absolute Gasteiger partial charge is 0.329 e. The second-order valence-corrected chi connectivity index (χ2v) is 5.06. The van der Waals surface area contributed by atoms with Gasteiger partial charge in [-0.15, -0.1) is 0 Å². The Bertz CT molecular complexity index is 257. The molecule has 1 aliphatic rings. The molecular formula is C10H17NO2S. The monoisotopic (exact) mass is 215 g/mol. The summed E-state index contributed by atoms with van der Waals surface area (Å²) in [6.07, 6.45) is 1.60. The Morgan fingerprint density at radius 2 is 2.14 bits per heavy atom. The van der Waals surface area contributed by atoms with Gasteiger partial charge in [0.15, 0.2) is 0 Å². The Kier molecular flexibility index (Phi) is 3.14. The zero-order valence-corrected chi connectivity index (χ0v) is 9.98. The first-order chi connectivity index (χ1) is 6.31. The Morgan fingerprint density at radius 1 is 1.57 bits per heavy atom. The highest BCUT2D eigenvalue weighted by Gasteiger charge is 2.33. The fraction of sp³-hybridized carbons (Fsp3) is 0.800. The summed E-state index contributed by atoms with van der Waals surface area (Å²) in [6.45, 7) is 5.62. The molecule has 0 spiro atoms. The van der Waals surface area contributed by atoms with Crippen LogP contribution >= 0.6 is 12.2 Å². The van der Waals surface area contributed by atoms with E-state index in [4.69, 9.17) is 17.0 Å². The molecule has 0 N–H and O–H groups in total. The third kappa shape index (κ3) is 2.67. The first-order valence-electron chi connectivity index (χ1n) is 4.80. The summed E-state index contributed by atoms with van der Waals surface area (Å²) in [5.74, 6) is -0.167. The fourth-order valence-corrected chi connectivity index (χ4v) is 1.69. The highest BCUT2D eigenvalue weighted by atomic mass is 32.1. The van der Waals surface area contributed by atoms with Crippen molar-refractivity contribution in [1.29, 1.82) is 0 Å². The number of hydrogen-bond acceptors (Lipinski definition) is 3. The van der Waals surface area contributed by atoms with E-state index < -0.39 is 5.60 Å². The largest absolute Gasteiger partial charge is 0.458 e. The lowest BCUT2D eigenvalue weighted by Crippen LogP contribution is -2.39. The number of nitrogens with zero attached hydrogens (tertiary/aromatic N) is 1. The van der Waals surface area contributed by atoms with E-state index in [-0.39, 0.29) is 12.0 Å². The van der Waals surface area contributed by atoms with Crippen LogP contribution in [-0.2, 0) is 9.53 Å². The standard InChI is InChI=1S/C10H17NO2S/c1-10(2,3)13-9(12)7-5-6-8(14)11(7)4/h7H,5-6H2,1-4H3. The predicted octanol–water partition coefficient (Wildman–Crippen LogP) is 1.75. The van der Waals surface area contributed by atoms with E-state index >= 15 is 0 Å². The maximum absolute atomic E-state index is 11.7. The molecule has 0 saturated carbocycles. The second-order valence-electron chi connectivity index (χ2n) is 4.59. The Hall–Kier alpha value is -0.640.